The van der Waals surface area contributed by atoms with E-state index in [2.05, 4.69) is 0 Å². The smallest absolute Gasteiger partial charge is 0.435 e. The zero-order chi connectivity index (χ0) is 29.5. The van der Waals surface area contributed by atoms with Gasteiger partial charge in [0, 0.05) is 18.0 Å². The number of aliphatic hydroxyl groups is 3. The highest BCUT2D eigenvalue weighted by molar-refractivity contribution is 6.35. The van der Waals surface area contributed by atoms with Gasteiger partial charge in [0.15, 0.2) is 6.23 Å². The van der Waals surface area contributed by atoms with E-state index in [-0.39, 0.29) is 26.4 Å². The van der Waals surface area contributed by atoms with Crippen molar-refractivity contribution in [2.24, 2.45) is 0 Å². The summed E-state index contributed by atoms with van der Waals surface area (Å²) in [5.74, 6) is 0. The largest absolute Gasteiger partial charge is 0.508 e. The van der Waals surface area contributed by atoms with Crippen LogP contribution >= 0.6 is 11.6 Å². The molecule has 1 aliphatic rings. The van der Waals surface area contributed by atoms with Crippen LogP contribution in [0, 0.1) is 0 Å². The molecular weight excluding hydrogens is 558 g/mol. The van der Waals surface area contributed by atoms with Crippen LogP contribution in [0.3, 0.4) is 0 Å². The lowest BCUT2D eigenvalue weighted by Gasteiger charge is -2.41. The Bertz CT molecular complexity index is 1330. The van der Waals surface area contributed by atoms with Crippen molar-refractivity contribution in [3.63, 3.8) is 0 Å². The Kier molecular flexibility index (Phi) is 10.5. The van der Waals surface area contributed by atoms with Crippen molar-refractivity contribution in [3.8, 4) is 0 Å². The highest BCUT2D eigenvalue weighted by Gasteiger charge is 2.45. The molecule has 3 N–H and O–H groups in total. The summed E-state index contributed by atoms with van der Waals surface area (Å²) in [5, 5.41) is 33.2. The van der Waals surface area contributed by atoms with Crippen LogP contribution in [0.2, 0.25) is 5.02 Å². The van der Waals surface area contributed by atoms with E-state index >= 15 is 0 Å². The van der Waals surface area contributed by atoms with Crippen LogP contribution in [-0.2, 0) is 36.5 Å². The minimum Gasteiger partial charge on any atom is -0.435 e. The van der Waals surface area contributed by atoms with Gasteiger partial charge in [-0.3, -0.25) is 0 Å². The number of benzene rings is 2. The van der Waals surface area contributed by atoms with Crippen molar-refractivity contribution < 1.29 is 48.6 Å². The van der Waals surface area contributed by atoms with Gasteiger partial charge in [0.05, 0.1) is 30.4 Å². The molecule has 1 saturated heterocycles. The summed E-state index contributed by atoms with van der Waals surface area (Å²) in [4.78, 5) is 23.0. The van der Waals surface area contributed by atoms with Crippen LogP contribution in [0.15, 0.2) is 48.7 Å². The number of carbonyl (C=O) groups is 2. The highest BCUT2D eigenvalue weighted by atomic mass is 35.5. The average molecular weight is 592 g/mol. The number of carbonyl (C=O) groups excluding carboxylic acids is 2. The molecule has 12 heteroatoms. The first-order valence-electron chi connectivity index (χ1n) is 13.4. The number of hydrogen-bond acceptors (Lipinski definition) is 10. The summed E-state index contributed by atoms with van der Waals surface area (Å²) < 4.78 is 27.2. The molecule has 222 valence electrons. The standard InChI is InChI=1S/C29H34ClNO10/c1-3-37-28(35)39-13-12-17-8-10-18(11-9-17)14-19-15-31(21-7-5-6-20(30)23(19)21)27-26(34)25(33)24(32)22(41-27)16-40-29(36)38-4-2/h5-11,15,22,24-27,32-34H,3-4,12-14,16H2,1-2H3/t22-,24-,25+,26-,27-/m1/s1. The van der Waals surface area contributed by atoms with Crippen LogP contribution in [0.4, 0.5) is 9.59 Å². The van der Waals surface area contributed by atoms with Crippen molar-refractivity contribution in [2.75, 3.05) is 26.4 Å². The molecule has 0 spiro atoms. The fraction of sp³-hybridized carbons (Fsp3) is 0.448. The second kappa shape index (κ2) is 14.0. The van der Waals surface area contributed by atoms with E-state index in [1.807, 2.05) is 30.3 Å². The molecule has 0 amide bonds. The van der Waals surface area contributed by atoms with E-state index in [4.69, 9.17) is 35.3 Å². The van der Waals surface area contributed by atoms with Crippen molar-refractivity contribution in [2.45, 2.75) is 57.3 Å². The SMILES string of the molecule is CCOC(=O)OCCc1ccc(Cc2cn([C@@H]3O[C@H](COC(=O)OCC)[C@@H](O)[C@H](O)[C@H]3O)c3cccc(Cl)c23)cc1. The molecule has 11 nitrogen and oxygen atoms in total. The molecule has 0 aliphatic carbocycles. The number of fused-ring (bicyclic) bond motifs is 1. The first-order chi connectivity index (χ1) is 19.7. The highest BCUT2D eigenvalue weighted by Crippen LogP contribution is 2.36. The van der Waals surface area contributed by atoms with E-state index in [0.29, 0.717) is 23.4 Å². The normalized spacial score (nSPS) is 22.3. The van der Waals surface area contributed by atoms with Crippen LogP contribution in [0.1, 0.15) is 36.8 Å². The van der Waals surface area contributed by atoms with Crippen LogP contribution in [-0.4, -0.2) is 83.0 Å². The lowest BCUT2D eigenvalue weighted by atomic mass is 9.98. The lowest BCUT2D eigenvalue weighted by Crippen LogP contribution is -2.56. The molecular formula is C29H34ClNO10. The van der Waals surface area contributed by atoms with Crippen LogP contribution in [0.25, 0.3) is 10.9 Å². The molecule has 0 bridgehead atoms. The quantitative estimate of drug-likeness (QED) is 0.298. The summed E-state index contributed by atoms with van der Waals surface area (Å²) in [7, 11) is 0. The molecule has 1 aliphatic heterocycles. The summed E-state index contributed by atoms with van der Waals surface area (Å²) in [6, 6.07) is 13.2. The third-order valence-corrected chi connectivity index (χ3v) is 7.08. The van der Waals surface area contributed by atoms with Gasteiger partial charge in [0.1, 0.15) is 31.0 Å². The molecule has 1 fully saturated rings. The molecule has 0 unspecified atom stereocenters. The van der Waals surface area contributed by atoms with Gasteiger partial charge in [-0.25, -0.2) is 9.59 Å². The van der Waals surface area contributed by atoms with Crippen molar-refractivity contribution in [1.82, 2.24) is 4.57 Å². The Hall–Kier alpha value is -3.35. The van der Waals surface area contributed by atoms with E-state index in [1.54, 1.807) is 36.7 Å². The summed E-state index contributed by atoms with van der Waals surface area (Å²) >= 11 is 6.61. The van der Waals surface area contributed by atoms with Gasteiger partial charge in [-0.15, -0.1) is 0 Å². The van der Waals surface area contributed by atoms with Crippen LogP contribution in [0.5, 0.6) is 0 Å². The van der Waals surface area contributed by atoms with Gasteiger partial charge >= 0.3 is 12.3 Å². The second-order valence-electron chi connectivity index (χ2n) is 9.50. The average Bonchev–Trinajstić information content (AvgIpc) is 3.31. The Balaban J connectivity index is 1.54. The fourth-order valence-electron chi connectivity index (χ4n) is 4.76. The van der Waals surface area contributed by atoms with E-state index in [0.717, 1.165) is 22.1 Å². The Labute approximate surface area is 242 Å². The number of ether oxygens (including phenoxy) is 5. The zero-order valence-electron chi connectivity index (χ0n) is 22.8. The molecule has 3 aromatic rings. The maximum Gasteiger partial charge on any atom is 0.508 e. The van der Waals surface area contributed by atoms with Gasteiger partial charge in [0.25, 0.3) is 0 Å². The number of aromatic nitrogens is 1. The summed E-state index contributed by atoms with van der Waals surface area (Å²) in [6.07, 6.45) is -5.58. The first-order valence-corrected chi connectivity index (χ1v) is 13.8. The molecule has 2 aromatic carbocycles. The van der Waals surface area contributed by atoms with E-state index in [1.165, 1.54) is 0 Å². The predicted molar refractivity (Wildman–Crippen MR) is 148 cm³/mol. The van der Waals surface area contributed by atoms with Gasteiger partial charge in [0.2, 0.25) is 0 Å². The summed E-state index contributed by atoms with van der Waals surface area (Å²) in [6.45, 7) is 3.53. The lowest BCUT2D eigenvalue weighted by molar-refractivity contribution is -0.250. The van der Waals surface area contributed by atoms with Gasteiger partial charge < -0.3 is 43.6 Å². The number of hydrogen-bond donors (Lipinski definition) is 3. The summed E-state index contributed by atoms with van der Waals surface area (Å²) in [5.41, 5.74) is 3.47. The topological polar surface area (TPSA) is 146 Å². The van der Waals surface area contributed by atoms with Gasteiger partial charge in [-0.1, -0.05) is 41.9 Å². The minimum atomic E-state index is -1.56. The Morgan fingerprint density at radius 3 is 2.22 bits per heavy atom. The molecule has 2 heterocycles. The van der Waals surface area contributed by atoms with E-state index in [9.17, 15) is 24.9 Å². The maximum atomic E-state index is 11.7. The molecule has 41 heavy (non-hydrogen) atoms. The van der Waals surface area contributed by atoms with Gasteiger partial charge in [-0.05, 0) is 49.1 Å². The zero-order valence-corrected chi connectivity index (χ0v) is 23.5. The number of rotatable bonds is 10. The van der Waals surface area contributed by atoms with Crippen LogP contribution < -0.4 is 0 Å². The molecule has 0 radical (unpaired) electrons. The van der Waals surface area contributed by atoms with Crippen molar-refractivity contribution in [1.29, 1.82) is 0 Å². The predicted octanol–water partition coefficient (Wildman–Crippen LogP) is 3.75. The van der Waals surface area contributed by atoms with E-state index < -0.39 is 43.0 Å². The number of aliphatic hydroxyl groups excluding tert-OH is 3. The molecule has 0 saturated carbocycles. The maximum absolute atomic E-state index is 11.7. The number of nitrogens with zero attached hydrogens (tertiary/aromatic N) is 1. The third kappa shape index (κ3) is 7.30. The fourth-order valence-corrected chi connectivity index (χ4v) is 5.05. The van der Waals surface area contributed by atoms with Crippen molar-refractivity contribution in [3.05, 3.63) is 70.4 Å². The minimum absolute atomic E-state index is 0.113. The third-order valence-electron chi connectivity index (χ3n) is 6.77. The second-order valence-corrected chi connectivity index (χ2v) is 9.91. The monoisotopic (exact) mass is 591 g/mol. The number of halogens is 1. The molecule has 5 atom stereocenters. The van der Waals surface area contributed by atoms with Crippen molar-refractivity contribution >= 4 is 34.8 Å². The Morgan fingerprint density at radius 1 is 0.878 bits per heavy atom. The van der Waals surface area contributed by atoms with Gasteiger partial charge in [-0.2, -0.15) is 0 Å². The molecule has 4 rings (SSSR count). The first kappa shape index (κ1) is 30.6. The molecule has 1 aromatic heterocycles. The Morgan fingerprint density at radius 2 is 1.54 bits per heavy atom.